The summed E-state index contributed by atoms with van der Waals surface area (Å²) in [6, 6.07) is 10.6. The smallest absolute Gasteiger partial charge is 0.293 e. The van der Waals surface area contributed by atoms with Crippen LogP contribution in [0.4, 0.5) is 9.18 Å². The number of thioether (sulfide) groups is 1. The molecule has 1 heterocycles. The Balaban J connectivity index is 1.85. The number of rotatable bonds is 4. The first-order valence-corrected chi connectivity index (χ1v) is 8.17. The fraction of sp³-hybridized carbons (Fsp3) is 0.111. The third-order valence-corrected chi connectivity index (χ3v) is 4.57. The highest BCUT2D eigenvalue weighted by Crippen LogP contribution is 2.35. The number of carbonyl (C=O) groups excluding carboxylic acids is 2. The van der Waals surface area contributed by atoms with Gasteiger partial charge in [-0.1, -0.05) is 24.3 Å². The summed E-state index contributed by atoms with van der Waals surface area (Å²) in [5.74, 6) is -0.703. The molecule has 0 atom stereocenters. The highest BCUT2D eigenvalue weighted by Gasteiger charge is 2.35. The molecule has 5 nitrogen and oxygen atoms in total. The van der Waals surface area contributed by atoms with Gasteiger partial charge in [0.25, 0.3) is 11.1 Å². The normalized spacial score (nSPS) is 15.9. The Morgan fingerprint density at radius 3 is 2.72 bits per heavy atom. The van der Waals surface area contributed by atoms with Gasteiger partial charge in [0, 0.05) is 5.56 Å². The molecule has 25 heavy (non-hydrogen) atoms. The molecule has 0 aliphatic carbocycles. The summed E-state index contributed by atoms with van der Waals surface area (Å²) in [6.45, 7) is -0.117. The predicted molar refractivity (Wildman–Crippen MR) is 92.6 cm³/mol. The molecule has 0 unspecified atom stereocenters. The molecule has 128 valence electrons. The average Bonchev–Trinajstić information content (AvgIpc) is 2.86. The second kappa shape index (κ2) is 6.98. The van der Waals surface area contributed by atoms with Crippen molar-refractivity contribution in [2.45, 2.75) is 6.54 Å². The third kappa shape index (κ3) is 3.51. The molecule has 0 bridgehead atoms. The first-order valence-electron chi connectivity index (χ1n) is 7.35. The van der Waals surface area contributed by atoms with Crippen LogP contribution in [0.3, 0.4) is 0 Å². The van der Waals surface area contributed by atoms with Gasteiger partial charge in [-0.15, -0.1) is 0 Å². The highest BCUT2D eigenvalue weighted by atomic mass is 32.2. The van der Waals surface area contributed by atoms with Gasteiger partial charge in [-0.25, -0.2) is 4.39 Å². The first-order chi connectivity index (χ1) is 12.0. The summed E-state index contributed by atoms with van der Waals surface area (Å²) in [7, 11) is 1.42. The summed E-state index contributed by atoms with van der Waals surface area (Å²) >= 11 is 0.792. The minimum absolute atomic E-state index is 0.0210. The first kappa shape index (κ1) is 17.0. The van der Waals surface area contributed by atoms with Gasteiger partial charge in [0.2, 0.25) is 0 Å². The number of hydrogen-bond donors (Lipinski definition) is 1. The van der Waals surface area contributed by atoms with Crippen molar-refractivity contribution in [1.82, 2.24) is 4.90 Å². The van der Waals surface area contributed by atoms with Crippen LogP contribution in [0.2, 0.25) is 0 Å². The van der Waals surface area contributed by atoms with Crippen LogP contribution >= 0.6 is 11.8 Å². The molecule has 0 spiro atoms. The molecule has 0 aromatic heterocycles. The predicted octanol–water partition coefficient (Wildman–Crippen LogP) is 3.78. The Morgan fingerprint density at radius 2 is 2.00 bits per heavy atom. The second-order valence-corrected chi connectivity index (χ2v) is 6.28. The van der Waals surface area contributed by atoms with E-state index in [1.807, 2.05) is 0 Å². The van der Waals surface area contributed by atoms with Crippen LogP contribution in [0.25, 0.3) is 6.08 Å². The van der Waals surface area contributed by atoms with Crippen molar-refractivity contribution in [3.63, 3.8) is 0 Å². The zero-order chi connectivity index (χ0) is 18.0. The fourth-order valence-electron chi connectivity index (χ4n) is 2.37. The minimum Gasteiger partial charge on any atom is -0.504 e. The Bertz CT molecular complexity index is 881. The summed E-state index contributed by atoms with van der Waals surface area (Å²) in [4.78, 5) is 25.8. The summed E-state index contributed by atoms with van der Waals surface area (Å²) in [5, 5.41) is 9.15. The SMILES string of the molecule is COc1cc(/C=C2\SC(=O)N(Cc3ccccc3F)C2=O)ccc1O. The Kier molecular flexibility index (Phi) is 4.76. The Labute approximate surface area is 147 Å². The van der Waals surface area contributed by atoms with Gasteiger partial charge in [-0.2, -0.15) is 0 Å². The van der Waals surface area contributed by atoms with Crippen LogP contribution in [-0.4, -0.2) is 28.3 Å². The van der Waals surface area contributed by atoms with E-state index in [0.717, 1.165) is 16.7 Å². The molecule has 2 aromatic carbocycles. The molecule has 0 saturated carbocycles. The molecule has 1 aliphatic rings. The van der Waals surface area contributed by atoms with Gasteiger partial charge in [-0.05, 0) is 41.6 Å². The molecule has 3 rings (SSSR count). The van der Waals surface area contributed by atoms with Gasteiger partial charge in [0.05, 0.1) is 18.6 Å². The second-order valence-electron chi connectivity index (χ2n) is 5.29. The van der Waals surface area contributed by atoms with E-state index in [-0.39, 0.29) is 28.5 Å². The zero-order valence-electron chi connectivity index (χ0n) is 13.2. The van der Waals surface area contributed by atoms with E-state index in [9.17, 15) is 19.1 Å². The van der Waals surface area contributed by atoms with Crippen molar-refractivity contribution in [1.29, 1.82) is 0 Å². The van der Waals surface area contributed by atoms with Crippen LogP contribution in [0, 0.1) is 5.82 Å². The summed E-state index contributed by atoms with van der Waals surface area (Å²) in [5.41, 5.74) is 0.878. The van der Waals surface area contributed by atoms with Crippen molar-refractivity contribution < 1.29 is 23.8 Å². The largest absolute Gasteiger partial charge is 0.504 e. The lowest BCUT2D eigenvalue weighted by molar-refractivity contribution is -0.123. The van der Waals surface area contributed by atoms with E-state index in [1.54, 1.807) is 24.3 Å². The number of nitrogens with zero attached hydrogens (tertiary/aromatic N) is 1. The number of ether oxygens (including phenoxy) is 1. The fourth-order valence-corrected chi connectivity index (χ4v) is 3.21. The quantitative estimate of drug-likeness (QED) is 0.842. The zero-order valence-corrected chi connectivity index (χ0v) is 14.0. The number of carbonyl (C=O) groups is 2. The summed E-state index contributed by atoms with van der Waals surface area (Å²) < 4.78 is 18.8. The molecule has 7 heteroatoms. The lowest BCUT2D eigenvalue weighted by atomic mass is 10.1. The molecule has 1 fully saturated rings. The van der Waals surface area contributed by atoms with Crippen LogP contribution in [0.15, 0.2) is 47.4 Å². The van der Waals surface area contributed by atoms with Crippen LogP contribution in [0.5, 0.6) is 11.5 Å². The molecule has 2 aromatic rings. The van der Waals surface area contributed by atoms with Crippen molar-refractivity contribution >= 4 is 29.0 Å². The molecule has 1 N–H and O–H groups in total. The number of imide groups is 1. The molecule has 1 saturated heterocycles. The van der Waals surface area contributed by atoms with Crippen molar-refractivity contribution in [2.24, 2.45) is 0 Å². The standard InChI is InChI=1S/C18H14FNO4S/c1-24-15-8-11(6-7-14(15)21)9-16-17(22)20(18(23)25-16)10-12-4-2-3-5-13(12)19/h2-9,21H,10H2,1H3/b16-9-. The number of phenolic OH excluding ortho intramolecular Hbond substituents is 1. The van der Waals surface area contributed by atoms with Gasteiger partial charge in [-0.3, -0.25) is 14.5 Å². The third-order valence-electron chi connectivity index (χ3n) is 3.66. The lowest BCUT2D eigenvalue weighted by Crippen LogP contribution is -2.27. The van der Waals surface area contributed by atoms with Crippen molar-refractivity contribution in [2.75, 3.05) is 7.11 Å². The van der Waals surface area contributed by atoms with Gasteiger partial charge < -0.3 is 9.84 Å². The Morgan fingerprint density at radius 1 is 1.24 bits per heavy atom. The number of aromatic hydroxyl groups is 1. The van der Waals surface area contributed by atoms with Crippen LogP contribution in [-0.2, 0) is 11.3 Å². The van der Waals surface area contributed by atoms with E-state index in [4.69, 9.17) is 4.74 Å². The van der Waals surface area contributed by atoms with E-state index in [2.05, 4.69) is 0 Å². The average molecular weight is 359 g/mol. The topological polar surface area (TPSA) is 66.8 Å². The maximum absolute atomic E-state index is 13.8. The Hall–Kier alpha value is -2.80. The van der Waals surface area contributed by atoms with Crippen molar-refractivity contribution in [3.8, 4) is 11.5 Å². The van der Waals surface area contributed by atoms with Crippen molar-refractivity contribution in [3.05, 3.63) is 64.3 Å². The minimum atomic E-state index is -0.481. The molecule has 1 aliphatic heterocycles. The molecular formula is C18H14FNO4S. The van der Waals surface area contributed by atoms with Gasteiger partial charge in [0.15, 0.2) is 11.5 Å². The molecule has 0 radical (unpaired) electrons. The van der Waals surface area contributed by atoms with E-state index in [1.165, 1.54) is 31.4 Å². The van der Waals surface area contributed by atoms with E-state index < -0.39 is 17.0 Å². The monoisotopic (exact) mass is 359 g/mol. The van der Waals surface area contributed by atoms with E-state index in [0.29, 0.717) is 5.56 Å². The highest BCUT2D eigenvalue weighted by molar-refractivity contribution is 8.18. The maximum Gasteiger partial charge on any atom is 0.293 e. The number of phenols is 1. The maximum atomic E-state index is 13.8. The van der Waals surface area contributed by atoms with Crippen LogP contribution in [0.1, 0.15) is 11.1 Å². The van der Waals surface area contributed by atoms with E-state index >= 15 is 0 Å². The number of methoxy groups -OCH3 is 1. The van der Waals surface area contributed by atoms with Crippen LogP contribution < -0.4 is 4.74 Å². The molecule has 2 amide bonds. The van der Waals surface area contributed by atoms with Gasteiger partial charge in [0.1, 0.15) is 5.82 Å². The van der Waals surface area contributed by atoms with Gasteiger partial charge >= 0.3 is 0 Å². The number of halogens is 1. The number of benzene rings is 2. The summed E-state index contributed by atoms with van der Waals surface area (Å²) in [6.07, 6.45) is 1.54. The number of amides is 2. The lowest BCUT2D eigenvalue weighted by Gasteiger charge is -2.12. The molecular weight excluding hydrogens is 345 g/mol. The number of hydrogen-bond acceptors (Lipinski definition) is 5.